The second-order valence-electron chi connectivity index (χ2n) is 1.53. The molecule has 53 valence electrons. The fourth-order valence-corrected chi connectivity index (χ4v) is 0.416. The summed E-state index contributed by atoms with van der Waals surface area (Å²) in [6.45, 7) is 3.11. The SMILES string of the molecule is CCOC(=O)CC[CH]O. The van der Waals surface area contributed by atoms with E-state index in [-0.39, 0.29) is 12.4 Å². The topological polar surface area (TPSA) is 46.5 Å². The van der Waals surface area contributed by atoms with E-state index in [9.17, 15) is 4.79 Å². The molecule has 0 aromatic carbocycles. The van der Waals surface area contributed by atoms with Gasteiger partial charge in [-0.15, -0.1) is 0 Å². The molecule has 0 aromatic rings. The maximum Gasteiger partial charge on any atom is 0.305 e. The molecule has 9 heavy (non-hydrogen) atoms. The quantitative estimate of drug-likeness (QED) is 0.575. The predicted octanol–water partition coefficient (Wildman–Crippen LogP) is 0.864. The third-order valence-electron chi connectivity index (χ3n) is 0.783. The Morgan fingerprint density at radius 3 is 2.89 bits per heavy atom. The zero-order valence-electron chi connectivity index (χ0n) is 5.46. The van der Waals surface area contributed by atoms with Crippen LogP contribution in [0.25, 0.3) is 0 Å². The fraction of sp³-hybridized carbons (Fsp3) is 0.667. The molecule has 0 bridgehead atoms. The minimum absolute atomic E-state index is 0.261. The van der Waals surface area contributed by atoms with Gasteiger partial charge in [0.15, 0.2) is 0 Å². The van der Waals surface area contributed by atoms with E-state index in [2.05, 4.69) is 4.74 Å². The van der Waals surface area contributed by atoms with Gasteiger partial charge in [-0.05, 0) is 13.3 Å². The first-order valence-corrected chi connectivity index (χ1v) is 2.92. The molecule has 0 aliphatic carbocycles. The van der Waals surface area contributed by atoms with Gasteiger partial charge in [0.25, 0.3) is 0 Å². The van der Waals surface area contributed by atoms with Crippen LogP contribution in [0.3, 0.4) is 0 Å². The molecule has 0 saturated heterocycles. The molecular formula is C6H11O3. The van der Waals surface area contributed by atoms with E-state index in [1.165, 1.54) is 0 Å². The van der Waals surface area contributed by atoms with Gasteiger partial charge in [0.1, 0.15) is 0 Å². The van der Waals surface area contributed by atoms with Gasteiger partial charge in [-0.1, -0.05) is 0 Å². The minimum atomic E-state index is -0.261. The van der Waals surface area contributed by atoms with Crippen LogP contribution in [0.2, 0.25) is 0 Å². The van der Waals surface area contributed by atoms with E-state index in [4.69, 9.17) is 5.11 Å². The Hall–Kier alpha value is -0.570. The number of carbonyl (C=O) groups is 1. The Morgan fingerprint density at radius 2 is 2.44 bits per heavy atom. The van der Waals surface area contributed by atoms with Crippen molar-refractivity contribution in [1.82, 2.24) is 0 Å². The number of esters is 1. The lowest BCUT2D eigenvalue weighted by Gasteiger charge is -1.97. The number of hydrogen-bond donors (Lipinski definition) is 1. The molecule has 3 nitrogen and oxygen atoms in total. The van der Waals surface area contributed by atoms with Crippen LogP contribution in [0.15, 0.2) is 0 Å². The summed E-state index contributed by atoms with van der Waals surface area (Å²) in [5.41, 5.74) is 0. The van der Waals surface area contributed by atoms with Crippen LogP contribution in [0.4, 0.5) is 0 Å². The lowest BCUT2D eigenvalue weighted by Crippen LogP contribution is -2.02. The van der Waals surface area contributed by atoms with Crippen LogP contribution in [0, 0.1) is 6.61 Å². The van der Waals surface area contributed by atoms with Gasteiger partial charge in [-0.2, -0.15) is 0 Å². The van der Waals surface area contributed by atoms with Crippen molar-refractivity contribution in [2.75, 3.05) is 6.61 Å². The van der Waals surface area contributed by atoms with Crippen molar-refractivity contribution in [2.24, 2.45) is 0 Å². The van der Waals surface area contributed by atoms with E-state index >= 15 is 0 Å². The van der Waals surface area contributed by atoms with Crippen molar-refractivity contribution in [1.29, 1.82) is 0 Å². The van der Waals surface area contributed by atoms with Crippen molar-refractivity contribution in [3.8, 4) is 0 Å². The van der Waals surface area contributed by atoms with Crippen molar-refractivity contribution >= 4 is 5.97 Å². The van der Waals surface area contributed by atoms with E-state index in [0.717, 1.165) is 6.61 Å². The van der Waals surface area contributed by atoms with Gasteiger partial charge in [0.2, 0.25) is 0 Å². The third kappa shape index (κ3) is 5.30. The maximum absolute atomic E-state index is 10.4. The summed E-state index contributed by atoms with van der Waals surface area (Å²) in [7, 11) is 0. The van der Waals surface area contributed by atoms with Crippen molar-refractivity contribution in [2.45, 2.75) is 19.8 Å². The first-order chi connectivity index (χ1) is 4.31. The molecule has 1 radical (unpaired) electrons. The molecule has 0 aliphatic heterocycles. The lowest BCUT2D eigenvalue weighted by atomic mass is 10.3. The molecule has 0 spiro atoms. The van der Waals surface area contributed by atoms with Crippen LogP contribution >= 0.6 is 0 Å². The first-order valence-electron chi connectivity index (χ1n) is 2.92. The highest BCUT2D eigenvalue weighted by Crippen LogP contribution is 1.92. The molecule has 0 fully saturated rings. The molecule has 1 N–H and O–H groups in total. The Labute approximate surface area is 54.6 Å². The zero-order chi connectivity index (χ0) is 7.11. The summed E-state index contributed by atoms with van der Waals surface area (Å²) in [5.74, 6) is -0.261. The Kier molecular flexibility index (Phi) is 5.21. The number of aliphatic hydroxyl groups excluding tert-OH is 1. The molecule has 0 aliphatic rings. The highest BCUT2D eigenvalue weighted by atomic mass is 16.5. The highest BCUT2D eigenvalue weighted by molar-refractivity contribution is 5.69. The number of carbonyl (C=O) groups excluding carboxylic acids is 1. The first kappa shape index (κ1) is 8.43. The molecule has 3 heteroatoms. The summed E-state index contributed by atoms with van der Waals surface area (Å²) >= 11 is 0. The average Bonchev–Trinajstić information content (AvgIpc) is 1.85. The fourth-order valence-electron chi connectivity index (χ4n) is 0.416. The molecular weight excluding hydrogens is 120 g/mol. The van der Waals surface area contributed by atoms with Crippen molar-refractivity contribution < 1.29 is 14.6 Å². The largest absolute Gasteiger partial charge is 0.466 e. The molecule has 0 rings (SSSR count). The average molecular weight is 131 g/mol. The molecule has 0 atom stereocenters. The van der Waals surface area contributed by atoms with Crippen LogP contribution in [-0.4, -0.2) is 17.7 Å². The molecule has 0 heterocycles. The van der Waals surface area contributed by atoms with E-state index in [1.807, 2.05) is 0 Å². The predicted molar refractivity (Wildman–Crippen MR) is 32.1 cm³/mol. The molecule has 0 unspecified atom stereocenters. The van der Waals surface area contributed by atoms with E-state index in [1.54, 1.807) is 6.92 Å². The second-order valence-corrected chi connectivity index (χ2v) is 1.53. The minimum Gasteiger partial charge on any atom is -0.466 e. The van der Waals surface area contributed by atoms with Gasteiger partial charge in [-0.25, -0.2) is 0 Å². The zero-order valence-corrected chi connectivity index (χ0v) is 5.46. The van der Waals surface area contributed by atoms with Gasteiger partial charge in [0.05, 0.1) is 13.2 Å². The smallest absolute Gasteiger partial charge is 0.305 e. The number of ether oxygens (including phenoxy) is 1. The van der Waals surface area contributed by atoms with E-state index < -0.39 is 0 Å². The summed E-state index contributed by atoms with van der Waals surface area (Å²) in [4.78, 5) is 10.4. The van der Waals surface area contributed by atoms with Crippen molar-refractivity contribution in [3.05, 3.63) is 6.61 Å². The Morgan fingerprint density at radius 1 is 1.78 bits per heavy atom. The number of aliphatic hydroxyl groups is 1. The third-order valence-corrected chi connectivity index (χ3v) is 0.783. The normalized spacial score (nSPS) is 9.11. The molecule has 0 aromatic heterocycles. The highest BCUT2D eigenvalue weighted by Gasteiger charge is 1.98. The van der Waals surface area contributed by atoms with E-state index in [0.29, 0.717) is 13.0 Å². The molecule has 0 amide bonds. The maximum atomic E-state index is 10.4. The summed E-state index contributed by atoms with van der Waals surface area (Å²) in [6.07, 6.45) is 0.642. The Balaban J connectivity index is 3.06. The van der Waals surface area contributed by atoms with Gasteiger partial charge >= 0.3 is 5.97 Å². The van der Waals surface area contributed by atoms with Crippen LogP contribution in [0.1, 0.15) is 19.8 Å². The molecule has 0 saturated carbocycles. The number of hydrogen-bond acceptors (Lipinski definition) is 3. The standard InChI is InChI=1S/C6H11O3/c1-2-9-6(8)4-3-5-7/h5,7H,2-4H2,1H3. The summed E-state index contributed by atoms with van der Waals surface area (Å²) in [6, 6.07) is 0. The summed E-state index contributed by atoms with van der Waals surface area (Å²) < 4.78 is 4.57. The monoisotopic (exact) mass is 131 g/mol. The van der Waals surface area contributed by atoms with Crippen LogP contribution in [-0.2, 0) is 9.53 Å². The lowest BCUT2D eigenvalue weighted by molar-refractivity contribution is -0.143. The number of rotatable bonds is 4. The van der Waals surface area contributed by atoms with Gasteiger partial charge in [0, 0.05) is 6.42 Å². The van der Waals surface area contributed by atoms with Gasteiger partial charge in [-0.3, -0.25) is 4.79 Å². The van der Waals surface area contributed by atoms with Crippen LogP contribution in [0.5, 0.6) is 0 Å². The Bertz CT molecular complexity index is 80.4. The summed E-state index contributed by atoms with van der Waals surface area (Å²) in [5, 5.41) is 8.15. The van der Waals surface area contributed by atoms with Gasteiger partial charge < -0.3 is 9.84 Å². The van der Waals surface area contributed by atoms with Crippen molar-refractivity contribution in [3.63, 3.8) is 0 Å². The van der Waals surface area contributed by atoms with Crippen LogP contribution < -0.4 is 0 Å². The second kappa shape index (κ2) is 5.56.